The fraction of sp³-hybridized carbons (Fsp3) is 0.500. The summed E-state index contributed by atoms with van der Waals surface area (Å²) in [5.74, 6) is 28.4. The van der Waals surface area contributed by atoms with Crippen LogP contribution in [0, 0.1) is 47.4 Å². The van der Waals surface area contributed by atoms with Gasteiger partial charge in [0, 0.05) is 125 Å². The van der Waals surface area contributed by atoms with Crippen LogP contribution in [-0.2, 0) is 83.0 Å². The molecule has 0 fully saturated rings. The number of benzene rings is 6. The predicted octanol–water partition coefficient (Wildman–Crippen LogP) is 11.1. The van der Waals surface area contributed by atoms with Gasteiger partial charge in [0.25, 0.3) is 0 Å². The second kappa shape index (κ2) is 56.3. The van der Waals surface area contributed by atoms with Crippen LogP contribution in [0.3, 0.4) is 0 Å². The molecule has 28 nitrogen and oxygen atoms in total. The van der Waals surface area contributed by atoms with E-state index in [9.17, 15) is 19.2 Å². The molecule has 0 unspecified atom stereocenters. The van der Waals surface area contributed by atoms with E-state index in [1.807, 2.05) is 121 Å². The first kappa shape index (κ1) is 100. The molecule has 0 saturated heterocycles. The molecule has 0 aromatic heterocycles. The molecule has 6 aromatic rings. The Bertz CT molecular complexity index is 3870. The average Bonchev–Trinajstić information content (AvgIpc) is 0.823. The van der Waals surface area contributed by atoms with Gasteiger partial charge in [0.05, 0.1) is 128 Å². The highest BCUT2D eigenvalue weighted by Gasteiger charge is 2.21. The van der Waals surface area contributed by atoms with Crippen LogP contribution in [0.15, 0.2) is 121 Å². The van der Waals surface area contributed by atoms with E-state index in [1.54, 1.807) is 83.1 Å². The van der Waals surface area contributed by atoms with Gasteiger partial charge in [-0.05, 0) is 154 Å². The van der Waals surface area contributed by atoms with Crippen molar-refractivity contribution >= 4 is 24.4 Å². The van der Waals surface area contributed by atoms with Gasteiger partial charge in [-0.3, -0.25) is 0 Å². The van der Waals surface area contributed by atoms with Crippen molar-refractivity contribution < 1.29 is 95.0 Å². The summed E-state index contributed by atoms with van der Waals surface area (Å²) in [6.45, 7) is 34.0. The van der Waals surface area contributed by atoms with Gasteiger partial charge < -0.3 is 118 Å². The SMILES string of the molecule is CC(C)(C)OC(=O)NCCOCCOc1cc2c(OCCOCCNC(=O)OC(C)(C)C)cc1C#Cc1ccc(cc1)CNCCOCCOCCNCc1ccc(cc1)C#Cc1cc(OCCOCCNC(=O)OC(C)(C)C)c(cc1OCCOCCNC(=O)OC(C)(C)C)C#Cc1ccc(cc1)CNCCOCCOCCNCc1ccc(cc1)C#C2. The van der Waals surface area contributed by atoms with Crippen LogP contribution in [0.25, 0.3) is 0 Å². The molecular formula is C96H128N8O20. The lowest BCUT2D eigenvalue weighted by Crippen LogP contribution is -2.34. The minimum atomic E-state index is -0.627. The molecule has 16 aliphatic heterocycles. The summed E-state index contributed by atoms with van der Waals surface area (Å²) in [6, 6.07) is 39.3. The average molecular weight is 1710 g/mol. The van der Waals surface area contributed by atoms with E-state index >= 15 is 0 Å². The van der Waals surface area contributed by atoms with Crippen LogP contribution in [0.5, 0.6) is 23.0 Å². The number of carbonyl (C=O) groups excluding carboxylic acids is 4. The molecule has 4 amide bonds. The van der Waals surface area contributed by atoms with Crippen LogP contribution in [0.4, 0.5) is 19.2 Å². The molecule has 16 heterocycles. The van der Waals surface area contributed by atoms with E-state index in [1.165, 1.54) is 0 Å². The van der Waals surface area contributed by atoms with Gasteiger partial charge in [0.15, 0.2) is 0 Å². The minimum Gasteiger partial charge on any atom is -0.490 e. The number of hydrogen-bond donors (Lipinski definition) is 8. The van der Waals surface area contributed by atoms with Gasteiger partial charge in [-0.15, -0.1) is 0 Å². The smallest absolute Gasteiger partial charge is 0.407 e. The summed E-state index contributed by atoms with van der Waals surface area (Å²) >= 11 is 0. The van der Waals surface area contributed by atoms with Crippen molar-refractivity contribution in [2.75, 3.05) is 184 Å². The highest BCUT2D eigenvalue weighted by atomic mass is 16.6. The number of amides is 4. The van der Waals surface area contributed by atoms with E-state index in [2.05, 4.69) is 89.9 Å². The molecule has 8 N–H and O–H groups in total. The third kappa shape index (κ3) is 46.2. The van der Waals surface area contributed by atoms with Gasteiger partial charge in [-0.2, -0.15) is 0 Å². The lowest BCUT2D eigenvalue weighted by atomic mass is 10.1. The van der Waals surface area contributed by atoms with E-state index in [-0.39, 0.29) is 105 Å². The van der Waals surface area contributed by atoms with Crippen LogP contribution in [0.1, 0.15) is 150 Å². The Morgan fingerprint density at radius 1 is 0.282 bits per heavy atom. The number of rotatable bonds is 28. The maximum Gasteiger partial charge on any atom is 0.407 e. The van der Waals surface area contributed by atoms with Crippen molar-refractivity contribution in [3.05, 3.63) is 188 Å². The summed E-state index contributed by atoms with van der Waals surface area (Å²) in [6.07, 6.45) is -2.10. The van der Waals surface area contributed by atoms with Crippen molar-refractivity contribution in [1.82, 2.24) is 42.5 Å². The Kier molecular flexibility index (Phi) is 45.6. The molecule has 0 saturated carbocycles. The van der Waals surface area contributed by atoms with Crippen molar-refractivity contribution in [2.24, 2.45) is 0 Å². The van der Waals surface area contributed by atoms with Crippen molar-refractivity contribution in [3.63, 3.8) is 0 Å². The highest BCUT2D eigenvalue weighted by Crippen LogP contribution is 2.31. The fourth-order valence-electron chi connectivity index (χ4n) is 10.9. The van der Waals surface area contributed by atoms with Gasteiger partial charge >= 0.3 is 24.4 Å². The molecule has 12 bridgehead atoms. The molecule has 0 radical (unpaired) electrons. The number of ether oxygens (including phenoxy) is 16. The first-order valence-electron chi connectivity index (χ1n) is 42.3. The van der Waals surface area contributed by atoms with E-state index in [0.717, 1.165) is 44.5 Å². The minimum absolute atomic E-state index is 0.165. The molecule has 22 rings (SSSR count). The maximum atomic E-state index is 12.2. The van der Waals surface area contributed by atoms with Crippen molar-refractivity contribution in [2.45, 2.75) is 132 Å². The van der Waals surface area contributed by atoms with Gasteiger partial charge in [0.1, 0.15) is 71.8 Å². The van der Waals surface area contributed by atoms with E-state index in [4.69, 9.17) is 75.8 Å². The van der Waals surface area contributed by atoms with Gasteiger partial charge in [-0.1, -0.05) is 95.9 Å². The number of hydrogen-bond acceptors (Lipinski definition) is 24. The van der Waals surface area contributed by atoms with Crippen LogP contribution < -0.4 is 61.5 Å². The molecule has 28 heteroatoms. The monoisotopic (exact) mass is 1710 g/mol. The Labute approximate surface area is 732 Å². The quantitative estimate of drug-likeness (QED) is 0.0129. The van der Waals surface area contributed by atoms with E-state index in [0.29, 0.717) is 150 Å². The normalized spacial score (nSPS) is 14.0. The Balaban J connectivity index is 1.01. The molecule has 16 aliphatic rings. The second-order valence-electron chi connectivity index (χ2n) is 32.2. The van der Waals surface area contributed by atoms with Gasteiger partial charge in [-0.25, -0.2) is 19.2 Å². The highest BCUT2D eigenvalue weighted by molar-refractivity contribution is 5.69. The first-order valence-corrected chi connectivity index (χ1v) is 42.3. The maximum absolute atomic E-state index is 12.2. The third-order valence-corrected chi connectivity index (χ3v) is 16.7. The molecular weight excluding hydrogens is 1590 g/mol. The first-order chi connectivity index (χ1) is 59.7. The largest absolute Gasteiger partial charge is 0.490 e. The second-order valence-corrected chi connectivity index (χ2v) is 32.2. The zero-order valence-electron chi connectivity index (χ0n) is 74.3. The Hall–Kier alpha value is -10.6. The molecule has 0 aliphatic carbocycles. The topological polar surface area (TPSA) is 312 Å². The zero-order valence-corrected chi connectivity index (χ0v) is 74.3. The summed E-state index contributed by atoms with van der Waals surface area (Å²) < 4.78 is 93.9. The molecule has 0 spiro atoms. The Morgan fingerprint density at radius 2 is 0.484 bits per heavy atom. The van der Waals surface area contributed by atoms with Crippen LogP contribution in [-0.4, -0.2) is 231 Å². The lowest BCUT2D eigenvalue weighted by molar-refractivity contribution is 0.0478. The molecule has 0 atom stereocenters. The van der Waals surface area contributed by atoms with Crippen LogP contribution >= 0.6 is 0 Å². The summed E-state index contributed by atoms with van der Waals surface area (Å²) in [7, 11) is 0. The number of alkyl carbamates (subject to hydrolysis) is 4. The molecule has 124 heavy (non-hydrogen) atoms. The zero-order chi connectivity index (χ0) is 88.9. The predicted molar refractivity (Wildman–Crippen MR) is 475 cm³/mol. The summed E-state index contributed by atoms with van der Waals surface area (Å²) in [5.41, 5.74) is 7.12. The summed E-state index contributed by atoms with van der Waals surface area (Å²) in [4.78, 5) is 49.0. The lowest BCUT2D eigenvalue weighted by Gasteiger charge is -2.19. The van der Waals surface area contributed by atoms with Gasteiger partial charge in [0.2, 0.25) is 0 Å². The molecule has 672 valence electrons. The number of nitrogens with one attached hydrogen (secondary N) is 8. The van der Waals surface area contributed by atoms with E-state index < -0.39 is 46.8 Å². The van der Waals surface area contributed by atoms with Crippen molar-refractivity contribution in [3.8, 4) is 70.4 Å². The standard InChI is InChI=1S/C96H128N8O20/c1-93(2,3)121-89(105)101-41-49-113-57-61-117-85-65-82-34-30-74-15-23-78(24-16-74)70-98-38-46-110-55-56-112-48-40-100-72-80-27-19-76(20-28-80)32-36-84-68-87(119-63-59-115-51-43-103-91(107)123-95(7,8)9)83(67-88(84)120-64-60-116-52-44-104-92(108)124-96(10,11)12)35-31-75-17-25-79(26-18-75)71-99-39-47-111-54-53-109-45-37-97-69-77-21-13-73(14-22-77)29-33-81(85)66-86(82)118-62-58-114-50-42-102-90(106)122-94(4,5)6/h13-28,65-68,97-100H,37-64,69-72H2,1-12H3,(H,101,105)(H,102,106)(H,103,107)(H,104,108). The Morgan fingerprint density at radius 3 is 0.677 bits per heavy atom. The number of carbonyl (C=O) groups is 4. The van der Waals surface area contributed by atoms with Crippen molar-refractivity contribution in [1.29, 1.82) is 0 Å². The third-order valence-electron chi connectivity index (χ3n) is 16.7. The van der Waals surface area contributed by atoms with Crippen LogP contribution in [0.2, 0.25) is 0 Å². The molecule has 6 aromatic carbocycles. The fourth-order valence-corrected chi connectivity index (χ4v) is 10.9. The summed E-state index contributed by atoms with van der Waals surface area (Å²) in [5, 5.41) is 24.7.